The molecule has 0 saturated heterocycles. The third-order valence-corrected chi connectivity index (χ3v) is 3.46. The quantitative estimate of drug-likeness (QED) is 0.626. The fraction of sp³-hybridized carbons (Fsp3) is 0.200. The van der Waals surface area contributed by atoms with Gasteiger partial charge in [-0.3, -0.25) is 10.1 Å². The second kappa shape index (κ2) is 5.92. The van der Waals surface area contributed by atoms with Gasteiger partial charge in [0, 0.05) is 36.4 Å². The lowest BCUT2D eigenvalue weighted by Crippen LogP contribution is -2.16. The first kappa shape index (κ1) is 14.3. The number of aryl methyl sites for hydroxylation is 1. The van der Waals surface area contributed by atoms with Crippen LogP contribution in [0.3, 0.4) is 0 Å². The van der Waals surface area contributed by atoms with Crippen molar-refractivity contribution in [2.24, 2.45) is 0 Å². The van der Waals surface area contributed by atoms with Crippen LogP contribution in [0.15, 0.2) is 42.5 Å². The van der Waals surface area contributed by atoms with Gasteiger partial charge in [-0.25, -0.2) is 0 Å². The van der Waals surface area contributed by atoms with Crippen molar-refractivity contribution in [3.63, 3.8) is 0 Å². The van der Waals surface area contributed by atoms with Crippen LogP contribution in [0.5, 0.6) is 0 Å². The number of nitro groups is 1. The van der Waals surface area contributed by atoms with E-state index in [0.717, 1.165) is 11.3 Å². The van der Waals surface area contributed by atoms with Gasteiger partial charge < -0.3 is 4.90 Å². The molecule has 0 atom stereocenters. The maximum atomic E-state index is 10.8. The molecule has 0 N–H and O–H groups in total. The van der Waals surface area contributed by atoms with Crippen LogP contribution in [0.25, 0.3) is 0 Å². The Labute approximate surface area is 122 Å². The smallest absolute Gasteiger partial charge is 0.269 e. The van der Waals surface area contributed by atoms with E-state index >= 15 is 0 Å². The largest absolute Gasteiger partial charge is 0.370 e. The van der Waals surface area contributed by atoms with E-state index in [2.05, 4.69) is 6.07 Å². The Hall–Kier alpha value is -2.07. The van der Waals surface area contributed by atoms with Gasteiger partial charge in [-0.1, -0.05) is 23.7 Å². The highest BCUT2D eigenvalue weighted by atomic mass is 35.5. The summed E-state index contributed by atoms with van der Waals surface area (Å²) < 4.78 is 0. The topological polar surface area (TPSA) is 46.4 Å². The molecule has 4 nitrogen and oxygen atoms in total. The fourth-order valence-electron chi connectivity index (χ4n) is 2.01. The zero-order valence-corrected chi connectivity index (χ0v) is 12.1. The zero-order valence-electron chi connectivity index (χ0n) is 11.3. The number of hydrogen-bond acceptors (Lipinski definition) is 3. The van der Waals surface area contributed by atoms with Gasteiger partial charge in [0.25, 0.3) is 5.69 Å². The van der Waals surface area contributed by atoms with Crippen molar-refractivity contribution in [2.75, 3.05) is 11.9 Å². The lowest BCUT2D eigenvalue weighted by Gasteiger charge is -2.20. The highest BCUT2D eigenvalue weighted by Crippen LogP contribution is 2.25. The monoisotopic (exact) mass is 290 g/mol. The van der Waals surface area contributed by atoms with E-state index in [1.165, 1.54) is 17.7 Å². The van der Waals surface area contributed by atoms with Crippen molar-refractivity contribution >= 4 is 23.0 Å². The minimum absolute atomic E-state index is 0.0574. The molecule has 0 radical (unpaired) electrons. The molecule has 5 heteroatoms. The molecular formula is C15H15ClN2O2. The molecule has 0 spiro atoms. The molecule has 0 saturated carbocycles. The van der Waals surface area contributed by atoms with E-state index in [0.29, 0.717) is 11.6 Å². The lowest BCUT2D eigenvalue weighted by atomic mass is 10.1. The minimum Gasteiger partial charge on any atom is -0.370 e. The van der Waals surface area contributed by atoms with Crippen LogP contribution in [0.4, 0.5) is 11.4 Å². The van der Waals surface area contributed by atoms with Crippen LogP contribution < -0.4 is 4.90 Å². The molecule has 0 aliphatic heterocycles. The van der Waals surface area contributed by atoms with E-state index in [9.17, 15) is 10.1 Å². The molecule has 104 valence electrons. The molecule has 20 heavy (non-hydrogen) atoms. The number of non-ortho nitro benzene ring substituents is 1. The van der Waals surface area contributed by atoms with Crippen LogP contribution in [-0.4, -0.2) is 12.0 Å². The highest BCUT2D eigenvalue weighted by molar-refractivity contribution is 6.31. The third kappa shape index (κ3) is 3.27. The molecule has 2 aromatic carbocycles. The molecule has 0 aliphatic rings. The van der Waals surface area contributed by atoms with E-state index in [1.807, 2.05) is 37.1 Å². The first-order valence-electron chi connectivity index (χ1n) is 6.18. The van der Waals surface area contributed by atoms with Crippen LogP contribution in [0.2, 0.25) is 5.02 Å². The first-order valence-corrected chi connectivity index (χ1v) is 6.56. The van der Waals surface area contributed by atoms with E-state index < -0.39 is 4.92 Å². The molecule has 0 aromatic heterocycles. The van der Waals surface area contributed by atoms with E-state index in [1.54, 1.807) is 6.07 Å². The van der Waals surface area contributed by atoms with Gasteiger partial charge in [0.05, 0.1) is 4.92 Å². The molecule has 2 aromatic rings. The molecule has 2 rings (SSSR count). The molecule has 0 fully saturated rings. The Morgan fingerprint density at radius 2 is 2.00 bits per heavy atom. The van der Waals surface area contributed by atoms with Crippen molar-refractivity contribution in [1.82, 2.24) is 0 Å². The van der Waals surface area contributed by atoms with E-state index in [-0.39, 0.29) is 5.69 Å². The Balaban J connectivity index is 2.25. The predicted octanol–water partition coefficient (Wildman–Crippen LogP) is 4.19. The number of anilines is 1. The van der Waals surface area contributed by atoms with Crippen molar-refractivity contribution in [2.45, 2.75) is 13.5 Å². The molecule has 0 bridgehead atoms. The fourth-order valence-corrected chi connectivity index (χ4v) is 2.19. The average molecular weight is 291 g/mol. The minimum atomic E-state index is -0.410. The van der Waals surface area contributed by atoms with Crippen molar-refractivity contribution in [3.05, 3.63) is 68.7 Å². The Morgan fingerprint density at radius 3 is 2.65 bits per heavy atom. The second-order valence-electron chi connectivity index (χ2n) is 4.73. The highest BCUT2D eigenvalue weighted by Gasteiger charge is 2.11. The number of hydrogen-bond donors (Lipinski definition) is 0. The number of nitro benzene ring substituents is 1. The van der Waals surface area contributed by atoms with E-state index in [4.69, 9.17) is 11.6 Å². The van der Waals surface area contributed by atoms with Gasteiger partial charge in [-0.2, -0.15) is 0 Å². The van der Waals surface area contributed by atoms with Crippen LogP contribution in [0, 0.1) is 17.0 Å². The van der Waals surface area contributed by atoms with Crippen molar-refractivity contribution in [1.29, 1.82) is 0 Å². The van der Waals surface area contributed by atoms with Gasteiger partial charge in [-0.05, 0) is 36.2 Å². The molecule has 0 heterocycles. The van der Waals surface area contributed by atoms with Gasteiger partial charge in [0.15, 0.2) is 0 Å². The Bertz CT molecular complexity index is 644. The van der Waals surface area contributed by atoms with Crippen LogP contribution >= 0.6 is 11.6 Å². The molecular weight excluding hydrogens is 276 g/mol. The Morgan fingerprint density at radius 1 is 1.25 bits per heavy atom. The molecule has 0 amide bonds. The first-order chi connectivity index (χ1) is 9.47. The lowest BCUT2D eigenvalue weighted by molar-refractivity contribution is -0.384. The number of rotatable bonds is 4. The van der Waals surface area contributed by atoms with Gasteiger partial charge in [-0.15, -0.1) is 0 Å². The number of halogens is 1. The summed E-state index contributed by atoms with van der Waals surface area (Å²) >= 11 is 6.11. The second-order valence-corrected chi connectivity index (χ2v) is 5.14. The molecule has 0 aliphatic carbocycles. The third-order valence-electron chi connectivity index (χ3n) is 3.09. The van der Waals surface area contributed by atoms with Crippen LogP contribution in [0.1, 0.15) is 11.1 Å². The normalized spacial score (nSPS) is 10.3. The molecule has 0 unspecified atom stereocenters. The summed E-state index contributed by atoms with van der Waals surface area (Å²) in [6.45, 7) is 2.54. The van der Waals surface area contributed by atoms with Crippen LogP contribution in [-0.2, 0) is 6.54 Å². The van der Waals surface area contributed by atoms with Gasteiger partial charge in [0.2, 0.25) is 0 Å². The van der Waals surface area contributed by atoms with Crippen molar-refractivity contribution in [3.8, 4) is 0 Å². The Kier molecular flexibility index (Phi) is 4.25. The summed E-state index contributed by atoms with van der Waals surface area (Å²) in [5.41, 5.74) is 3.01. The summed E-state index contributed by atoms with van der Waals surface area (Å²) in [6, 6.07) is 12.6. The zero-order chi connectivity index (χ0) is 14.7. The van der Waals surface area contributed by atoms with Gasteiger partial charge >= 0.3 is 0 Å². The predicted molar refractivity (Wildman–Crippen MR) is 81.4 cm³/mol. The number of nitrogens with zero attached hydrogens (tertiary/aromatic N) is 2. The SMILES string of the molecule is Cc1cccc(N(C)Cc2cc([N+](=O)[O-])ccc2Cl)c1. The summed E-state index contributed by atoms with van der Waals surface area (Å²) in [5.74, 6) is 0. The maximum Gasteiger partial charge on any atom is 0.269 e. The average Bonchev–Trinajstić information content (AvgIpc) is 2.41. The summed E-state index contributed by atoms with van der Waals surface area (Å²) in [5, 5.41) is 11.4. The summed E-state index contributed by atoms with van der Waals surface area (Å²) in [4.78, 5) is 12.4. The van der Waals surface area contributed by atoms with Gasteiger partial charge in [0.1, 0.15) is 0 Å². The number of benzene rings is 2. The van der Waals surface area contributed by atoms with Crippen molar-refractivity contribution < 1.29 is 4.92 Å². The maximum absolute atomic E-state index is 10.8. The summed E-state index contributed by atoms with van der Waals surface area (Å²) in [6.07, 6.45) is 0. The standard InChI is InChI=1S/C15H15ClN2O2/c1-11-4-3-5-13(8-11)17(2)10-12-9-14(18(19)20)6-7-15(12)16/h3-9H,10H2,1-2H3. The summed E-state index contributed by atoms with van der Waals surface area (Å²) in [7, 11) is 1.93.